The average molecular weight is 613 g/mol. The fourth-order valence-electron chi connectivity index (χ4n) is 5.72. The molecule has 0 saturated carbocycles. The van der Waals surface area contributed by atoms with Crippen LogP contribution in [0.25, 0.3) is 0 Å². The van der Waals surface area contributed by atoms with Gasteiger partial charge in [0.15, 0.2) is 0 Å². The molecule has 0 heterocycles. The summed E-state index contributed by atoms with van der Waals surface area (Å²) >= 11 is 0. The molecule has 6 heteroatoms. The Morgan fingerprint density at radius 3 is 0.825 bits per heavy atom. The molecule has 0 aliphatic carbocycles. The number of hydrogen-bond donors (Lipinski definition) is 0. The molecule has 0 bridgehead atoms. The van der Waals surface area contributed by atoms with Crippen molar-refractivity contribution in [1.82, 2.24) is 0 Å². The van der Waals surface area contributed by atoms with Crippen LogP contribution in [0.3, 0.4) is 0 Å². The van der Waals surface area contributed by atoms with Gasteiger partial charge in [0.2, 0.25) is 10.4 Å². The zero-order valence-electron chi connectivity index (χ0n) is 27.5. The van der Waals surface area contributed by atoms with Crippen molar-refractivity contribution in [3.05, 3.63) is 0 Å². The van der Waals surface area contributed by atoms with Crippen molar-refractivity contribution in [2.75, 3.05) is 0 Å². The van der Waals surface area contributed by atoms with E-state index in [4.69, 9.17) is 4.18 Å². The summed E-state index contributed by atoms with van der Waals surface area (Å²) in [5.74, 6) is 0. The van der Waals surface area contributed by atoms with Gasteiger partial charge in [-0.3, -0.25) is 4.18 Å². The molecule has 0 aliphatic heterocycles. The minimum absolute atomic E-state index is 0. The van der Waals surface area contributed by atoms with Crippen LogP contribution in [-0.4, -0.2) is 19.1 Å². The van der Waals surface area contributed by atoms with Gasteiger partial charge in [-0.25, -0.2) is 8.42 Å². The van der Waals surface area contributed by atoms with Gasteiger partial charge in [0.05, 0.1) is 6.10 Å². The van der Waals surface area contributed by atoms with Crippen LogP contribution in [0.1, 0.15) is 213 Å². The predicted molar refractivity (Wildman–Crippen MR) is 169 cm³/mol. The van der Waals surface area contributed by atoms with Crippen molar-refractivity contribution in [2.45, 2.75) is 219 Å². The van der Waals surface area contributed by atoms with Gasteiger partial charge in [0, 0.05) is 0 Å². The number of hydrogen-bond acceptors (Lipinski definition) is 4. The summed E-state index contributed by atoms with van der Waals surface area (Å²) in [5.41, 5.74) is 0. The summed E-state index contributed by atoms with van der Waals surface area (Å²) in [6.07, 6.45) is 38.9. The van der Waals surface area contributed by atoms with E-state index in [0.29, 0.717) is 12.8 Å². The van der Waals surface area contributed by atoms with E-state index in [1.165, 1.54) is 161 Å². The van der Waals surface area contributed by atoms with Crippen LogP contribution in [-0.2, 0) is 14.6 Å². The van der Waals surface area contributed by atoms with Crippen molar-refractivity contribution in [3.8, 4) is 0 Å². The average Bonchev–Trinajstić information content (AvgIpc) is 2.90. The molecular formula is C34H69KO4S. The van der Waals surface area contributed by atoms with Gasteiger partial charge in [0.25, 0.3) is 0 Å². The summed E-state index contributed by atoms with van der Waals surface area (Å²) in [6, 6.07) is 0. The summed E-state index contributed by atoms with van der Waals surface area (Å²) in [7, 11) is -4.61. The second-order valence-corrected chi connectivity index (χ2v) is 13.3. The van der Waals surface area contributed by atoms with Gasteiger partial charge in [-0.1, -0.05) is 200 Å². The molecule has 0 amide bonds. The predicted octanol–water partition coefficient (Wildman–Crippen LogP) is 8.97. The van der Waals surface area contributed by atoms with E-state index in [9.17, 15) is 13.0 Å². The first kappa shape index (κ1) is 43.6. The molecule has 1 unspecified atom stereocenters. The maximum absolute atomic E-state index is 11.2. The van der Waals surface area contributed by atoms with E-state index in [1.807, 2.05) is 0 Å². The first-order chi connectivity index (χ1) is 19.0. The molecule has 40 heavy (non-hydrogen) atoms. The Kier molecular flexibility index (Phi) is 38.2. The van der Waals surface area contributed by atoms with E-state index in [2.05, 4.69) is 13.8 Å². The summed E-state index contributed by atoms with van der Waals surface area (Å²) in [4.78, 5) is 0. The van der Waals surface area contributed by atoms with E-state index in [1.54, 1.807) is 0 Å². The largest absolute Gasteiger partial charge is 1.00 e. The van der Waals surface area contributed by atoms with Crippen molar-refractivity contribution in [2.24, 2.45) is 0 Å². The van der Waals surface area contributed by atoms with Crippen LogP contribution in [0.5, 0.6) is 0 Å². The van der Waals surface area contributed by atoms with Crippen molar-refractivity contribution >= 4 is 10.4 Å². The second-order valence-electron chi connectivity index (χ2n) is 12.2. The molecule has 236 valence electrons. The minimum Gasteiger partial charge on any atom is -0.726 e. The smallest absolute Gasteiger partial charge is 0.726 e. The van der Waals surface area contributed by atoms with Gasteiger partial charge in [0.1, 0.15) is 0 Å². The van der Waals surface area contributed by atoms with E-state index in [0.717, 1.165) is 25.7 Å². The van der Waals surface area contributed by atoms with Crippen molar-refractivity contribution in [1.29, 1.82) is 0 Å². The Bertz CT molecular complexity index is 570. The minimum atomic E-state index is -4.61. The van der Waals surface area contributed by atoms with Gasteiger partial charge in [-0.2, -0.15) is 0 Å². The third-order valence-corrected chi connectivity index (χ3v) is 8.77. The third-order valence-electron chi connectivity index (χ3n) is 8.26. The van der Waals surface area contributed by atoms with Crippen LogP contribution in [0.4, 0.5) is 0 Å². The molecule has 0 N–H and O–H groups in total. The molecule has 0 aliphatic rings. The SMILES string of the molecule is CCCCCCCCCCCCCCCCCC(CCCCCCCCCCCCCCCC)OS(=O)(=O)[O-].[K+]. The third kappa shape index (κ3) is 37.5. The molecule has 4 nitrogen and oxygen atoms in total. The van der Waals surface area contributed by atoms with E-state index in [-0.39, 0.29) is 51.4 Å². The van der Waals surface area contributed by atoms with Gasteiger partial charge in [-0.15, -0.1) is 0 Å². The molecule has 1 atom stereocenters. The molecule has 0 fully saturated rings. The van der Waals surface area contributed by atoms with Crippen LogP contribution in [0.15, 0.2) is 0 Å². The normalized spacial score (nSPS) is 12.5. The van der Waals surface area contributed by atoms with Crippen LogP contribution < -0.4 is 51.4 Å². The van der Waals surface area contributed by atoms with E-state index < -0.39 is 16.5 Å². The Morgan fingerprint density at radius 1 is 0.425 bits per heavy atom. The van der Waals surface area contributed by atoms with Crippen molar-refractivity contribution < 1.29 is 68.5 Å². The molecule has 0 rings (SSSR count). The standard InChI is InChI=1S/C34H70O4S.K/c1-3-5-7-9-11-13-15-17-19-21-23-25-27-29-31-33-34(38-39(35,36)37)32-30-28-26-24-22-20-18-16-14-12-10-8-6-4-2;/h34H,3-33H2,1-2H3,(H,35,36,37);/q;+1/p-1. The molecule has 0 radical (unpaired) electrons. The zero-order valence-corrected chi connectivity index (χ0v) is 31.5. The first-order valence-electron chi connectivity index (χ1n) is 17.6. The fourth-order valence-corrected chi connectivity index (χ4v) is 6.24. The monoisotopic (exact) mass is 612 g/mol. The first-order valence-corrected chi connectivity index (χ1v) is 19.0. The topological polar surface area (TPSA) is 66.4 Å². The second kappa shape index (κ2) is 35.0. The molecular weight excluding hydrogens is 544 g/mol. The van der Waals surface area contributed by atoms with Crippen LogP contribution >= 0.6 is 0 Å². The molecule has 0 aromatic carbocycles. The Hall–Kier alpha value is 1.51. The van der Waals surface area contributed by atoms with Crippen molar-refractivity contribution in [3.63, 3.8) is 0 Å². The molecule has 0 aromatic rings. The van der Waals surface area contributed by atoms with Gasteiger partial charge >= 0.3 is 51.4 Å². The number of unbranched alkanes of at least 4 members (excludes halogenated alkanes) is 27. The fraction of sp³-hybridized carbons (Fsp3) is 1.00. The molecule has 0 saturated heterocycles. The Balaban J connectivity index is 0. The Morgan fingerprint density at radius 2 is 0.625 bits per heavy atom. The van der Waals surface area contributed by atoms with Crippen LogP contribution in [0.2, 0.25) is 0 Å². The number of rotatable bonds is 33. The molecule has 0 spiro atoms. The Labute approximate surface area is 295 Å². The van der Waals surface area contributed by atoms with Gasteiger partial charge in [-0.05, 0) is 12.8 Å². The summed E-state index contributed by atoms with van der Waals surface area (Å²) in [5, 5.41) is 0. The zero-order chi connectivity index (χ0) is 28.7. The summed E-state index contributed by atoms with van der Waals surface area (Å²) in [6.45, 7) is 4.54. The quantitative estimate of drug-likeness (QED) is 0.0321. The van der Waals surface area contributed by atoms with E-state index >= 15 is 0 Å². The maximum atomic E-state index is 11.2. The summed E-state index contributed by atoms with van der Waals surface area (Å²) < 4.78 is 38.4. The molecule has 0 aromatic heterocycles. The maximum Gasteiger partial charge on any atom is 1.00 e. The van der Waals surface area contributed by atoms with Gasteiger partial charge < -0.3 is 4.55 Å². The van der Waals surface area contributed by atoms with Crippen LogP contribution in [0, 0.1) is 0 Å².